The van der Waals surface area contributed by atoms with Crippen molar-refractivity contribution in [1.29, 1.82) is 0 Å². The van der Waals surface area contributed by atoms with Crippen LogP contribution in [0, 0.1) is 5.92 Å². The van der Waals surface area contributed by atoms with Crippen LogP contribution in [0.4, 0.5) is 11.4 Å². The van der Waals surface area contributed by atoms with E-state index in [1.807, 2.05) is 60.1 Å². The van der Waals surface area contributed by atoms with Gasteiger partial charge in [0.25, 0.3) is 0 Å². The van der Waals surface area contributed by atoms with Gasteiger partial charge in [0.05, 0.1) is 34.6 Å². The number of likely N-dealkylation sites (N-methyl/N-ethyl adjacent to an activating group) is 1. The largest absolute Gasteiger partial charge is 0.507 e. The maximum atomic E-state index is 14.7. The van der Waals surface area contributed by atoms with Gasteiger partial charge >= 0.3 is 0 Å². The molecule has 0 aliphatic carbocycles. The molecule has 4 aromatic rings. The van der Waals surface area contributed by atoms with Crippen LogP contribution in [-0.2, 0) is 26.8 Å². The van der Waals surface area contributed by atoms with Gasteiger partial charge in [0, 0.05) is 89.8 Å². The molecule has 2 aromatic carbocycles. The predicted molar refractivity (Wildman–Crippen MR) is 214 cm³/mol. The molecule has 2 N–H and O–H groups in total. The van der Waals surface area contributed by atoms with Crippen molar-refractivity contribution in [3.63, 3.8) is 0 Å². The Kier molecular flexibility index (Phi) is 10.8. The number of hydrogen-bond acceptors (Lipinski definition) is 10. The molecule has 56 heavy (non-hydrogen) atoms. The second kappa shape index (κ2) is 16.0. The second-order valence-corrected chi connectivity index (χ2v) is 16.2. The molecule has 4 fully saturated rings. The number of rotatable bonds is 9. The lowest BCUT2D eigenvalue weighted by molar-refractivity contribution is -0.140. The standard InChI is InChI=1S/C43H53N9O4/c1-48(32-16-21-50(22-17-32)29-30-14-23-51(24-15-30)33-9-7-31(8-10-33)35-11-12-40(54)46-41(35)55)42(56)43(39-13-20-45-49(39)2)18-25-52(26-19-43)34-27-37(47-44-28-34)36-5-3-4-6-38(36)53/h3-10,13,20,27-28,30,32,35,53H,11-12,14-19,21-26,29H2,1-2H3,(H,46,54,55)/t35-/m1/s1. The first kappa shape index (κ1) is 37.6. The molecule has 0 bridgehead atoms. The Balaban J connectivity index is 0.842. The fourth-order valence-electron chi connectivity index (χ4n) is 9.58. The minimum Gasteiger partial charge on any atom is -0.507 e. The van der Waals surface area contributed by atoms with Gasteiger partial charge in [-0.15, -0.1) is 0 Å². The minimum absolute atomic E-state index is 0.169. The number of hydrogen-bond donors (Lipinski definition) is 2. The van der Waals surface area contributed by atoms with Crippen LogP contribution < -0.4 is 15.1 Å². The smallest absolute Gasteiger partial charge is 0.234 e. The molecular weight excluding hydrogens is 707 g/mol. The summed E-state index contributed by atoms with van der Waals surface area (Å²) >= 11 is 0. The maximum Gasteiger partial charge on any atom is 0.234 e. The van der Waals surface area contributed by atoms with E-state index in [0.29, 0.717) is 55.9 Å². The summed E-state index contributed by atoms with van der Waals surface area (Å²) in [5, 5.41) is 25.9. The zero-order chi connectivity index (χ0) is 38.8. The Morgan fingerprint density at radius 3 is 2.29 bits per heavy atom. The number of piperidine rings is 4. The highest BCUT2D eigenvalue weighted by Gasteiger charge is 2.48. The molecule has 6 heterocycles. The molecule has 4 aliphatic rings. The Morgan fingerprint density at radius 2 is 1.61 bits per heavy atom. The number of aryl methyl sites for hydroxylation is 1. The van der Waals surface area contributed by atoms with E-state index < -0.39 is 5.41 Å². The van der Waals surface area contributed by atoms with Crippen LogP contribution in [0.15, 0.2) is 73.1 Å². The lowest BCUT2D eigenvalue weighted by Crippen LogP contribution is -2.56. The number of phenols is 1. The van der Waals surface area contributed by atoms with Gasteiger partial charge in [-0.05, 0) is 92.8 Å². The molecule has 1 atom stereocenters. The molecule has 3 amide bonds. The van der Waals surface area contributed by atoms with Crippen LogP contribution in [0.1, 0.15) is 68.5 Å². The monoisotopic (exact) mass is 759 g/mol. The van der Waals surface area contributed by atoms with Crippen LogP contribution in [0.2, 0.25) is 0 Å². The van der Waals surface area contributed by atoms with Gasteiger partial charge in [0.15, 0.2) is 0 Å². The average molecular weight is 760 g/mol. The summed E-state index contributed by atoms with van der Waals surface area (Å²) in [6.07, 6.45) is 10.0. The number of aromatic nitrogens is 4. The first-order valence-corrected chi connectivity index (χ1v) is 20.2. The minimum atomic E-state index is -0.673. The fraction of sp³-hybridized carbons (Fsp3) is 0.488. The number of nitrogens with zero attached hydrogens (tertiary/aromatic N) is 8. The average Bonchev–Trinajstić information content (AvgIpc) is 3.67. The molecule has 4 aliphatic heterocycles. The molecule has 13 heteroatoms. The number of anilines is 2. The van der Waals surface area contributed by atoms with Crippen molar-refractivity contribution < 1.29 is 19.5 Å². The van der Waals surface area contributed by atoms with Crippen molar-refractivity contribution >= 4 is 29.1 Å². The number of para-hydroxylation sites is 1. The highest BCUT2D eigenvalue weighted by atomic mass is 16.3. The van der Waals surface area contributed by atoms with Gasteiger partial charge < -0.3 is 24.7 Å². The van der Waals surface area contributed by atoms with Crippen molar-refractivity contribution in [2.75, 3.05) is 62.7 Å². The van der Waals surface area contributed by atoms with E-state index in [1.54, 1.807) is 24.5 Å². The van der Waals surface area contributed by atoms with Gasteiger partial charge in [-0.1, -0.05) is 24.3 Å². The Bertz CT molecular complexity index is 2030. The van der Waals surface area contributed by atoms with E-state index in [-0.39, 0.29) is 35.4 Å². The van der Waals surface area contributed by atoms with Crippen molar-refractivity contribution in [1.82, 2.24) is 35.1 Å². The molecule has 294 valence electrons. The third kappa shape index (κ3) is 7.61. The van der Waals surface area contributed by atoms with Crippen LogP contribution >= 0.6 is 0 Å². The highest BCUT2D eigenvalue weighted by molar-refractivity contribution is 6.01. The van der Waals surface area contributed by atoms with Gasteiger partial charge in [-0.3, -0.25) is 24.4 Å². The van der Waals surface area contributed by atoms with Crippen LogP contribution in [0.5, 0.6) is 5.75 Å². The normalized spacial score (nSPS) is 21.2. The second-order valence-electron chi connectivity index (χ2n) is 16.2. The molecular formula is C43H53N9O4. The van der Waals surface area contributed by atoms with E-state index in [1.165, 1.54) is 5.69 Å². The number of likely N-dealkylation sites (tertiary alicyclic amines) is 1. The number of imide groups is 1. The molecule has 0 saturated carbocycles. The third-order valence-electron chi connectivity index (χ3n) is 13.0. The number of carbonyl (C=O) groups is 3. The van der Waals surface area contributed by atoms with Gasteiger partial charge in [0.2, 0.25) is 17.7 Å². The molecule has 0 spiro atoms. The number of amides is 3. The van der Waals surface area contributed by atoms with Gasteiger partial charge in [-0.2, -0.15) is 15.3 Å². The Labute approximate surface area is 328 Å². The van der Waals surface area contributed by atoms with E-state index in [4.69, 9.17) is 0 Å². The summed E-state index contributed by atoms with van der Waals surface area (Å²) in [5.74, 6) is 0.371. The number of benzene rings is 2. The zero-order valence-electron chi connectivity index (χ0n) is 32.5. The van der Waals surface area contributed by atoms with E-state index in [2.05, 4.69) is 47.4 Å². The fourth-order valence-corrected chi connectivity index (χ4v) is 9.58. The van der Waals surface area contributed by atoms with Crippen molar-refractivity contribution in [2.45, 2.75) is 68.7 Å². The lowest BCUT2D eigenvalue weighted by atomic mass is 9.73. The maximum absolute atomic E-state index is 14.7. The third-order valence-corrected chi connectivity index (χ3v) is 13.0. The van der Waals surface area contributed by atoms with Crippen molar-refractivity contribution in [2.24, 2.45) is 13.0 Å². The first-order valence-electron chi connectivity index (χ1n) is 20.2. The highest BCUT2D eigenvalue weighted by Crippen LogP contribution is 2.40. The topological polar surface area (TPSA) is 140 Å². The summed E-state index contributed by atoms with van der Waals surface area (Å²) in [5.41, 5.74) is 4.64. The summed E-state index contributed by atoms with van der Waals surface area (Å²) in [4.78, 5) is 48.0. The molecule has 8 rings (SSSR count). The Morgan fingerprint density at radius 1 is 0.893 bits per heavy atom. The number of phenolic OH excluding ortho intramolecular Hbond substituents is 1. The number of nitrogens with one attached hydrogen (secondary N) is 1. The first-order chi connectivity index (χ1) is 27.2. The summed E-state index contributed by atoms with van der Waals surface area (Å²) < 4.78 is 1.87. The van der Waals surface area contributed by atoms with Crippen LogP contribution in [0.25, 0.3) is 11.3 Å². The zero-order valence-corrected chi connectivity index (χ0v) is 32.5. The van der Waals surface area contributed by atoms with E-state index in [0.717, 1.165) is 75.4 Å². The van der Waals surface area contributed by atoms with Crippen molar-refractivity contribution in [3.8, 4) is 17.0 Å². The molecule has 13 nitrogen and oxygen atoms in total. The molecule has 2 aromatic heterocycles. The van der Waals surface area contributed by atoms with E-state index in [9.17, 15) is 19.5 Å². The van der Waals surface area contributed by atoms with Gasteiger partial charge in [0.1, 0.15) is 5.75 Å². The van der Waals surface area contributed by atoms with Gasteiger partial charge in [-0.25, -0.2) is 0 Å². The molecule has 4 saturated heterocycles. The summed E-state index contributed by atoms with van der Waals surface area (Å²) in [6, 6.07) is 19.7. The Hall–Kier alpha value is -5.30. The SMILES string of the molecule is CN(C(=O)C1(c2ccnn2C)CCN(c2cnnc(-c3ccccc3O)c2)CC1)C1CCN(CC2CCN(c3ccc([C@H]4CCC(=O)NC4=O)cc3)CC2)CC1. The molecule has 0 radical (unpaired) electrons. The quantitative estimate of drug-likeness (QED) is 0.235. The van der Waals surface area contributed by atoms with Crippen molar-refractivity contribution in [3.05, 3.63) is 84.3 Å². The van der Waals surface area contributed by atoms with Crippen LogP contribution in [-0.4, -0.2) is 112 Å². The molecule has 0 unspecified atom stereocenters. The lowest BCUT2D eigenvalue weighted by Gasteiger charge is -2.46. The van der Waals surface area contributed by atoms with Crippen LogP contribution in [0.3, 0.4) is 0 Å². The number of aromatic hydroxyl groups is 1. The predicted octanol–water partition coefficient (Wildman–Crippen LogP) is 4.48. The van der Waals surface area contributed by atoms with E-state index >= 15 is 0 Å². The summed E-state index contributed by atoms with van der Waals surface area (Å²) in [7, 11) is 3.94. The number of carbonyl (C=O) groups excluding carboxylic acids is 3. The summed E-state index contributed by atoms with van der Waals surface area (Å²) in [6.45, 7) is 6.47.